The van der Waals surface area contributed by atoms with Crippen LogP contribution in [0, 0.1) is 16.7 Å². The Bertz CT molecular complexity index is 412. The van der Waals surface area contributed by atoms with E-state index < -0.39 is 15.4 Å². The van der Waals surface area contributed by atoms with Crippen molar-refractivity contribution in [3.05, 3.63) is 0 Å². The van der Waals surface area contributed by atoms with E-state index in [0.29, 0.717) is 18.8 Å². The van der Waals surface area contributed by atoms with Gasteiger partial charge in [0.25, 0.3) is 0 Å². The average Bonchev–Trinajstić information content (AvgIpc) is 2.34. The lowest BCUT2D eigenvalue weighted by atomic mass is 9.70. The fraction of sp³-hybridized carbons (Fsp3) is 0.900. The van der Waals surface area contributed by atoms with Gasteiger partial charge in [-0.3, -0.25) is 4.79 Å². The van der Waals surface area contributed by atoms with E-state index in [4.69, 9.17) is 5.14 Å². The molecule has 86 valence electrons. The minimum atomic E-state index is -3.58. The van der Waals surface area contributed by atoms with Crippen LogP contribution >= 0.6 is 0 Å². The summed E-state index contributed by atoms with van der Waals surface area (Å²) in [5, 5.41) is 5.10. The Labute approximate surface area is 90.3 Å². The fourth-order valence-electron chi connectivity index (χ4n) is 3.45. The number of rotatable bonds is 2. The highest BCUT2D eigenvalue weighted by atomic mass is 32.2. The van der Waals surface area contributed by atoms with E-state index in [2.05, 4.69) is 0 Å². The maximum Gasteiger partial charge on any atom is 0.210 e. The van der Waals surface area contributed by atoms with E-state index in [-0.39, 0.29) is 17.0 Å². The minimum Gasteiger partial charge on any atom is -0.299 e. The van der Waals surface area contributed by atoms with Gasteiger partial charge < -0.3 is 0 Å². The molecule has 2 rings (SSSR count). The summed E-state index contributed by atoms with van der Waals surface area (Å²) >= 11 is 0. The molecule has 0 aromatic rings. The Morgan fingerprint density at radius 2 is 2.07 bits per heavy atom. The van der Waals surface area contributed by atoms with Crippen molar-refractivity contribution in [1.82, 2.24) is 0 Å². The lowest BCUT2D eigenvalue weighted by Gasteiger charge is -2.35. The van der Waals surface area contributed by atoms with Crippen LogP contribution < -0.4 is 5.14 Å². The predicted molar refractivity (Wildman–Crippen MR) is 56.5 cm³/mol. The quantitative estimate of drug-likeness (QED) is 0.758. The Morgan fingerprint density at radius 1 is 1.47 bits per heavy atom. The number of nitrogens with two attached hydrogens (primary N) is 1. The number of carbonyl (C=O) groups excluding carboxylic acids is 1. The summed E-state index contributed by atoms with van der Waals surface area (Å²) < 4.78 is 22.5. The second-order valence-corrected chi connectivity index (χ2v) is 7.09. The van der Waals surface area contributed by atoms with Crippen molar-refractivity contribution in [2.24, 2.45) is 21.9 Å². The Balaban J connectivity index is 2.45. The molecule has 0 aliphatic heterocycles. The van der Waals surface area contributed by atoms with Crippen molar-refractivity contribution in [3.8, 4) is 0 Å². The van der Waals surface area contributed by atoms with Crippen LogP contribution in [-0.2, 0) is 14.8 Å². The Morgan fingerprint density at radius 3 is 2.40 bits per heavy atom. The monoisotopic (exact) mass is 231 g/mol. The van der Waals surface area contributed by atoms with E-state index in [9.17, 15) is 13.2 Å². The molecule has 2 N–H and O–H groups in total. The lowest BCUT2D eigenvalue weighted by molar-refractivity contribution is -0.128. The normalized spacial score (nSPS) is 38.6. The van der Waals surface area contributed by atoms with E-state index in [1.54, 1.807) is 0 Å². The van der Waals surface area contributed by atoms with Crippen molar-refractivity contribution in [1.29, 1.82) is 0 Å². The number of primary sulfonamides is 1. The van der Waals surface area contributed by atoms with Gasteiger partial charge in [-0.25, -0.2) is 13.6 Å². The number of fused-ring (bicyclic) bond motifs is 2. The number of hydrogen-bond acceptors (Lipinski definition) is 3. The molecule has 4 nitrogen and oxygen atoms in total. The summed E-state index contributed by atoms with van der Waals surface area (Å²) in [6.45, 7) is 4.00. The molecule has 2 aliphatic carbocycles. The Hall–Kier alpha value is -0.420. The van der Waals surface area contributed by atoms with Gasteiger partial charge in [0.2, 0.25) is 10.0 Å². The summed E-state index contributed by atoms with van der Waals surface area (Å²) in [6, 6.07) is 0. The standard InChI is InChI=1S/C10H17NO3S/c1-9(2)7-3-4-10(9,8(12)5-7)6-15(11,13)14/h7H,3-6H2,1-2H3,(H2,11,13,14)/t7-,10-/m1/s1. The van der Waals surface area contributed by atoms with Crippen molar-refractivity contribution in [2.45, 2.75) is 33.1 Å². The molecule has 0 unspecified atom stereocenters. The first-order valence-electron chi connectivity index (χ1n) is 5.23. The van der Waals surface area contributed by atoms with Crippen molar-refractivity contribution >= 4 is 15.8 Å². The van der Waals surface area contributed by atoms with Gasteiger partial charge >= 0.3 is 0 Å². The molecular formula is C10H17NO3S. The summed E-state index contributed by atoms with van der Waals surface area (Å²) in [5.41, 5.74) is -0.915. The first kappa shape index (κ1) is 11.1. The van der Waals surface area contributed by atoms with Crippen LogP contribution in [-0.4, -0.2) is 20.0 Å². The zero-order valence-electron chi connectivity index (χ0n) is 9.12. The topological polar surface area (TPSA) is 77.2 Å². The van der Waals surface area contributed by atoms with Crippen molar-refractivity contribution in [3.63, 3.8) is 0 Å². The number of Topliss-reactive ketones (excluding diaryl/α,β-unsaturated/α-hetero) is 1. The molecule has 5 heteroatoms. The third-order valence-electron chi connectivity index (χ3n) is 4.59. The second kappa shape index (κ2) is 2.83. The summed E-state index contributed by atoms with van der Waals surface area (Å²) in [5.74, 6) is 0.257. The second-order valence-electron chi connectivity index (χ2n) is 5.47. The molecule has 0 heterocycles. The molecule has 0 radical (unpaired) electrons. The molecule has 2 atom stereocenters. The third kappa shape index (κ3) is 1.36. The largest absolute Gasteiger partial charge is 0.299 e. The predicted octanol–water partition coefficient (Wildman–Crippen LogP) is 0.670. The molecule has 0 aromatic heterocycles. The van der Waals surface area contributed by atoms with Gasteiger partial charge in [0.05, 0.1) is 5.75 Å². The minimum absolute atomic E-state index is 0.0952. The molecule has 2 aliphatic rings. The Kier molecular flexibility index (Phi) is 2.09. The lowest BCUT2D eigenvalue weighted by Crippen LogP contribution is -2.43. The zero-order valence-corrected chi connectivity index (χ0v) is 9.93. The number of hydrogen-bond donors (Lipinski definition) is 1. The van der Waals surface area contributed by atoms with E-state index >= 15 is 0 Å². The maximum absolute atomic E-state index is 11.9. The van der Waals surface area contributed by atoms with Crippen LogP contribution in [0.3, 0.4) is 0 Å². The highest BCUT2D eigenvalue weighted by molar-refractivity contribution is 7.89. The average molecular weight is 231 g/mol. The van der Waals surface area contributed by atoms with E-state index in [1.165, 1.54) is 0 Å². The number of ketones is 1. The van der Waals surface area contributed by atoms with Crippen LogP contribution in [0.15, 0.2) is 0 Å². The van der Waals surface area contributed by atoms with Gasteiger partial charge in [-0.2, -0.15) is 0 Å². The third-order valence-corrected chi connectivity index (χ3v) is 5.48. The van der Waals surface area contributed by atoms with Crippen LogP contribution in [0.1, 0.15) is 33.1 Å². The SMILES string of the molecule is CC1(C)[C@@H]2CC[C@@]1(CS(N)(=O)=O)C(=O)C2. The molecule has 2 bridgehead atoms. The van der Waals surface area contributed by atoms with Crippen LogP contribution in [0.4, 0.5) is 0 Å². The van der Waals surface area contributed by atoms with Gasteiger partial charge in [-0.05, 0) is 24.2 Å². The van der Waals surface area contributed by atoms with Gasteiger partial charge in [0.15, 0.2) is 0 Å². The molecular weight excluding hydrogens is 214 g/mol. The zero-order chi connectivity index (χ0) is 11.5. The first-order valence-corrected chi connectivity index (χ1v) is 6.94. The van der Waals surface area contributed by atoms with Crippen molar-refractivity contribution in [2.75, 3.05) is 5.75 Å². The van der Waals surface area contributed by atoms with E-state index in [1.807, 2.05) is 13.8 Å². The van der Waals surface area contributed by atoms with Gasteiger partial charge in [-0.15, -0.1) is 0 Å². The molecule has 2 fully saturated rings. The summed E-state index contributed by atoms with van der Waals surface area (Å²) in [7, 11) is -3.58. The molecule has 0 saturated heterocycles. The number of sulfonamides is 1. The molecule has 2 saturated carbocycles. The highest BCUT2D eigenvalue weighted by Gasteiger charge is 2.65. The number of carbonyl (C=O) groups is 1. The van der Waals surface area contributed by atoms with E-state index in [0.717, 1.165) is 6.42 Å². The van der Waals surface area contributed by atoms with Crippen LogP contribution in [0.5, 0.6) is 0 Å². The summed E-state index contributed by atoms with van der Waals surface area (Å²) in [4.78, 5) is 11.9. The van der Waals surface area contributed by atoms with Crippen LogP contribution in [0.25, 0.3) is 0 Å². The van der Waals surface area contributed by atoms with Gasteiger partial charge in [-0.1, -0.05) is 13.8 Å². The molecule has 0 aromatic carbocycles. The van der Waals surface area contributed by atoms with Crippen LogP contribution in [0.2, 0.25) is 0 Å². The highest BCUT2D eigenvalue weighted by Crippen LogP contribution is 2.64. The maximum atomic E-state index is 11.9. The smallest absolute Gasteiger partial charge is 0.210 e. The molecule has 15 heavy (non-hydrogen) atoms. The van der Waals surface area contributed by atoms with Gasteiger partial charge in [0.1, 0.15) is 5.78 Å². The van der Waals surface area contributed by atoms with Crippen molar-refractivity contribution < 1.29 is 13.2 Å². The summed E-state index contributed by atoms with van der Waals surface area (Å²) in [6.07, 6.45) is 2.16. The fourth-order valence-corrected chi connectivity index (χ4v) is 4.82. The molecule has 0 spiro atoms. The molecule has 0 amide bonds. The van der Waals surface area contributed by atoms with Gasteiger partial charge in [0, 0.05) is 11.8 Å². The first-order chi connectivity index (χ1) is 6.69.